The molecule has 0 spiro atoms. The van der Waals surface area contributed by atoms with Crippen LogP contribution < -0.4 is 5.32 Å². The molecule has 0 aliphatic heterocycles. The molecule has 0 saturated carbocycles. The summed E-state index contributed by atoms with van der Waals surface area (Å²) in [5.74, 6) is -0.297. The second-order valence-electron chi connectivity index (χ2n) is 4.52. The van der Waals surface area contributed by atoms with Crippen molar-refractivity contribution in [2.75, 3.05) is 5.32 Å². The molecule has 0 aliphatic rings. The Hall–Kier alpha value is -2.27. The van der Waals surface area contributed by atoms with Gasteiger partial charge in [0.15, 0.2) is 0 Å². The zero-order valence-electron chi connectivity index (χ0n) is 10.8. The quantitative estimate of drug-likeness (QED) is 0.717. The highest BCUT2D eigenvalue weighted by molar-refractivity contribution is 7.17. The molecule has 5 heteroatoms. The van der Waals surface area contributed by atoms with Gasteiger partial charge >= 0.3 is 0 Å². The Morgan fingerprint density at radius 2 is 1.90 bits per heavy atom. The smallest absolute Gasteiger partial charge is 0.263 e. The molecule has 106 valence electrons. The van der Waals surface area contributed by atoms with E-state index >= 15 is 0 Å². The minimum absolute atomic E-state index is 0.109. The van der Waals surface area contributed by atoms with Gasteiger partial charge < -0.3 is 5.32 Å². The van der Waals surface area contributed by atoms with Crippen LogP contribution >= 0.6 is 11.3 Å². The van der Waals surface area contributed by atoms with Crippen LogP contribution in [0.2, 0.25) is 0 Å². The Balaban J connectivity index is 1.90. The number of amides is 1. The van der Waals surface area contributed by atoms with Crippen molar-refractivity contribution < 1.29 is 13.6 Å². The molecule has 3 rings (SSSR count). The molecule has 21 heavy (non-hydrogen) atoms. The van der Waals surface area contributed by atoms with Gasteiger partial charge in [-0.25, -0.2) is 8.78 Å². The largest absolute Gasteiger partial charge is 0.322 e. The van der Waals surface area contributed by atoms with Crippen molar-refractivity contribution in [2.45, 2.75) is 6.43 Å². The maximum Gasteiger partial charge on any atom is 0.263 e. The van der Waals surface area contributed by atoms with E-state index in [2.05, 4.69) is 5.32 Å². The number of alkyl halides is 2. The van der Waals surface area contributed by atoms with Crippen molar-refractivity contribution in [1.29, 1.82) is 0 Å². The van der Waals surface area contributed by atoms with Crippen LogP contribution in [0.4, 0.5) is 14.5 Å². The summed E-state index contributed by atoms with van der Waals surface area (Å²) in [5, 5.41) is 5.58. The highest BCUT2D eigenvalue weighted by Crippen LogP contribution is 2.26. The minimum Gasteiger partial charge on any atom is -0.322 e. The molecule has 0 saturated heterocycles. The van der Waals surface area contributed by atoms with Gasteiger partial charge in [0.05, 0.1) is 5.56 Å². The topological polar surface area (TPSA) is 29.1 Å². The van der Waals surface area contributed by atoms with E-state index < -0.39 is 6.43 Å². The number of halogens is 2. The van der Waals surface area contributed by atoms with E-state index in [9.17, 15) is 13.6 Å². The number of hydrogen-bond acceptors (Lipinski definition) is 2. The summed E-state index contributed by atoms with van der Waals surface area (Å²) in [5.41, 5.74) is 0.804. The summed E-state index contributed by atoms with van der Waals surface area (Å²) >= 11 is 1.48. The van der Waals surface area contributed by atoms with E-state index in [-0.39, 0.29) is 11.5 Å². The van der Waals surface area contributed by atoms with Gasteiger partial charge in [-0.3, -0.25) is 4.79 Å². The Morgan fingerprint density at radius 1 is 1.10 bits per heavy atom. The third-order valence-electron chi connectivity index (χ3n) is 3.12. The Bertz CT molecular complexity index is 798. The zero-order valence-corrected chi connectivity index (χ0v) is 11.7. The summed E-state index contributed by atoms with van der Waals surface area (Å²) in [7, 11) is 0. The van der Waals surface area contributed by atoms with Crippen molar-refractivity contribution in [3.63, 3.8) is 0 Å². The molecule has 1 heterocycles. The van der Waals surface area contributed by atoms with Gasteiger partial charge in [-0.15, -0.1) is 11.3 Å². The molecule has 1 amide bonds. The van der Waals surface area contributed by atoms with Crippen LogP contribution in [0, 0.1) is 0 Å². The van der Waals surface area contributed by atoms with E-state index in [4.69, 9.17) is 0 Å². The molecule has 2 nitrogen and oxygen atoms in total. The first kappa shape index (κ1) is 13.7. The number of carbonyl (C=O) groups excluding carboxylic acids is 1. The van der Waals surface area contributed by atoms with Crippen LogP contribution in [0.3, 0.4) is 0 Å². The number of hydrogen-bond donors (Lipinski definition) is 1. The van der Waals surface area contributed by atoms with Crippen molar-refractivity contribution in [2.24, 2.45) is 0 Å². The van der Waals surface area contributed by atoms with E-state index in [1.165, 1.54) is 29.5 Å². The molecule has 0 unspecified atom stereocenters. The lowest BCUT2D eigenvalue weighted by Gasteiger charge is -2.08. The number of thiophene rings is 1. The SMILES string of the molecule is O=C(Nc1cccc(C(F)F)c1)c1cccc2ccsc12. The minimum atomic E-state index is -2.55. The van der Waals surface area contributed by atoms with Gasteiger partial charge in [-0.1, -0.05) is 24.3 Å². The fourth-order valence-corrected chi connectivity index (χ4v) is 3.03. The predicted octanol–water partition coefficient (Wildman–Crippen LogP) is 5.09. The molecule has 0 bridgehead atoms. The van der Waals surface area contributed by atoms with Crippen molar-refractivity contribution in [3.8, 4) is 0 Å². The number of rotatable bonds is 3. The highest BCUT2D eigenvalue weighted by Gasteiger charge is 2.12. The Kier molecular flexibility index (Phi) is 3.66. The Morgan fingerprint density at radius 3 is 2.71 bits per heavy atom. The highest BCUT2D eigenvalue weighted by atomic mass is 32.1. The first-order valence-corrected chi connectivity index (χ1v) is 7.19. The normalized spacial score (nSPS) is 11.0. The van der Waals surface area contributed by atoms with Crippen LogP contribution in [-0.4, -0.2) is 5.91 Å². The van der Waals surface area contributed by atoms with E-state index in [1.54, 1.807) is 18.2 Å². The van der Waals surface area contributed by atoms with Gasteiger partial charge in [-0.05, 0) is 35.0 Å². The van der Waals surface area contributed by atoms with Crippen molar-refractivity contribution in [3.05, 3.63) is 65.0 Å². The molecule has 1 aromatic heterocycles. The number of fused-ring (bicyclic) bond motifs is 1. The van der Waals surface area contributed by atoms with Gasteiger partial charge in [0.25, 0.3) is 12.3 Å². The lowest BCUT2D eigenvalue weighted by molar-refractivity contribution is 0.102. The average molecular weight is 303 g/mol. The number of nitrogens with one attached hydrogen (secondary N) is 1. The fourth-order valence-electron chi connectivity index (χ4n) is 2.12. The van der Waals surface area contributed by atoms with Crippen LogP contribution in [0.15, 0.2) is 53.9 Å². The van der Waals surface area contributed by atoms with E-state index in [1.807, 2.05) is 17.5 Å². The summed E-state index contributed by atoms with van der Waals surface area (Å²) < 4.78 is 26.2. The molecule has 2 aromatic carbocycles. The first-order valence-electron chi connectivity index (χ1n) is 6.31. The van der Waals surface area contributed by atoms with E-state index in [0.717, 1.165) is 10.1 Å². The second-order valence-corrected chi connectivity index (χ2v) is 5.44. The van der Waals surface area contributed by atoms with Crippen LogP contribution in [-0.2, 0) is 0 Å². The number of benzene rings is 2. The standard InChI is InChI=1S/C16H11F2NOS/c17-15(18)11-4-1-5-12(9-11)19-16(20)13-6-2-3-10-7-8-21-14(10)13/h1-9,15H,(H,19,20). The number of anilines is 1. The third kappa shape index (κ3) is 2.78. The molecule has 0 fully saturated rings. The first-order chi connectivity index (χ1) is 10.1. The lowest BCUT2D eigenvalue weighted by Crippen LogP contribution is -2.12. The summed E-state index contributed by atoms with van der Waals surface area (Å²) in [6.07, 6.45) is -2.55. The molecule has 0 atom stereocenters. The van der Waals surface area contributed by atoms with Gasteiger partial charge in [0, 0.05) is 16.0 Å². The summed E-state index contributed by atoms with van der Waals surface area (Å²) in [6, 6.07) is 13.1. The zero-order chi connectivity index (χ0) is 14.8. The maximum atomic E-state index is 12.7. The molecular formula is C16H11F2NOS. The number of carbonyl (C=O) groups is 1. The van der Waals surface area contributed by atoms with Crippen LogP contribution in [0.1, 0.15) is 22.3 Å². The van der Waals surface area contributed by atoms with Gasteiger partial charge in [0.2, 0.25) is 0 Å². The van der Waals surface area contributed by atoms with Crippen LogP contribution in [0.5, 0.6) is 0 Å². The molecular weight excluding hydrogens is 292 g/mol. The molecule has 1 N–H and O–H groups in total. The van der Waals surface area contributed by atoms with E-state index in [0.29, 0.717) is 11.3 Å². The summed E-state index contributed by atoms with van der Waals surface area (Å²) in [4.78, 5) is 12.3. The van der Waals surface area contributed by atoms with Gasteiger partial charge in [0.1, 0.15) is 0 Å². The van der Waals surface area contributed by atoms with Gasteiger partial charge in [-0.2, -0.15) is 0 Å². The van der Waals surface area contributed by atoms with Crippen molar-refractivity contribution >= 4 is 33.0 Å². The van der Waals surface area contributed by atoms with Crippen LogP contribution in [0.25, 0.3) is 10.1 Å². The molecule has 0 aliphatic carbocycles. The monoisotopic (exact) mass is 303 g/mol. The fraction of sp³-hybridized carbons (Fsp3) is 0.0625. The lowest BCUT2D eigenvalue weighted by atomic mass is 10.1. The summed E-state index contributed by atoms with van der Waals surface area (Å²) in [6.45, 7) is 0. The van der Waals surface area contributed by atoms with Crippen molar-refractivity contribution in [1.82, 2.24) is 0 Å². The second kappa shape index (κ2) is 5.61. The maximum absolute atomic E-state index is 12.7. The molecule has 0 radical (unpaired) electrons. The molecule has 3 aromatic rings. The Labute approximate surface area is 124 Å². The average Bonchev–Trinajstić information content (AvgIpc) is 2.95. The predicted molar refractivity (Wildman–Crippen MR) is 81.2 cm³/mol. The third-order valence-corrected chi connectivity index (χ3v) is 4.08.